The number of rotatable bonds is 15. The van der Waals surface area contributed by atoms with Crippen LogP contribution in [0.1, 0.15) is 57.1 Å². The first kappa shape index (κ1) is 30.5. The minimum Gasteiger partial charge on any atom is -0.465 e. The largest absolute Gasteiger partial charge is 0.465 e. The third-order valence-electron chi connectivity index (χ3n) is 8.42. The summed E-state index contributed by atoms with van der Waals surface area (Å²) < 4.78 is 12.2. The van der Waals surface area contributed by atoms with Crippen LogP contribution in [-0.2, 0) is 23.9 Å². The first-order chi connectivity index (χ1) is 19.4. The van der Waals surface area contributed by atoms with Crippen molar-refractivity contribution < 1.29 is 29.0 Å². The third-order valence-corrected chi connectivity index (χ3v) is 9.26. The number of likely N-dealkylation sites (tertiary alicyclic amines) is 1. The predicted molar refractivity (Wildman–Crippen MR) is 156 cm³/mol. The van der Waals surface area contributed by atoms with Gasteiger partial charge in [0.25, 0.3) is 0 Å². The van der Waals surface area contributed by atoms with Crippen LogP contribution in [0.3, 0.4) is 0 Å². The lowest BCUT2D eigenvalue weighted by molar-refractivity contribution is -0.156. The Bertz CT molecular complexity index is 1080. The molecule has 1 spiro atoms. The molecule has 8 nitrogen and oxygen atoms in total. The number of unbranched alkanes of at least 4 members (excludes halogenated alkanes) is 3. The number of alkyl halides is 1. The quantitative estimate of drug-likeness (QED) is 0.137. The van der Waals surface area contributed by atoms with Gasteiger partial charge in [0.05, 0.1) is 37.2 Å². The molecule has 1 aromatic rings. The number of halogens is 1. The van der Waals surface area contributed by atoms with Crippen LogP contribution in [0.15, 0.2) is 55.6 Å². The molecule has 9 heteroatoms. The fourth-order valence-electron chi connectivity index (χ4n) is 6.65. The predicted octanol–water partition coefficient (Wildman–Crippen LogP) is 4.18. The van der Waals surface area contributed by atoms with E-state index in [0.29, 0.717) is 37.9 Å². The molecule has 1 aromatic carbocycles. The Morgan fingerprint density at radius 2 is 2.00 bits per heavy atom. The molecule has 0 radical (unpaired) electrons. The minimum absolute atomic E-state index is 0.217. The zero-order chi connectivity index (χ0) is 28.9. The van der Waals surface area contributed by atoms with E-state index in [1.165, 1.54) is 4.90 Å². The molecule has 40 heavy (non-hydrogen) atoms. The lowest BCUT2D eigenvalue weighted by atomic mass is 9.70. The van der Waals surface area contributed by atoms with Crippen LogP contribution >= 0.6 is 15.9 Å². The SMILES string of the molecule is C=CCCCOC(=O)[C@H]1[C@H]2C(=O)N([C@H](CO)c3ccccc3)C(C(=O)N(CC=C)CCCCC)C23CC(Br)[C@@H]1O3. The summed E-state index contributed by atoms with van der Waals surface area (Å²) in [5.41, 5.74) is -0.508. The molecule has 218 valence electrons. The number of amides is 2. The van der Waals surface area contributed by atoms with E-state index < -0.39 is 41.6 Å². The summed E-state index contributed by atoms with van der Waals surface area (Å²) in [5, 5.41) is 10.6. The summed E-state index contributed by atoms with van der Waals surface area (Å²) in [7, 11) is 0. The second-order valence-corrected chi connectivity index (χ2v) is 12.1. The molecule has 3 unspecified atom stereocenters. The standard InChI is InChI=1S/C31H41BrN2O6/c1-4-7-12-17-33(16-6-3)29(37)27-31-19-22(32)26(40-31)24(30(38)39-18-13-8-5-2)25(31)28(36)34(27)23(20-35)21-14-10-9-11-15-21/h5-6,9-11,14-15,22-27,35H,2-4,7-8,12-13,16-20H2,1H3/t22?,23-,24+,25+,26+,27?,31?/m1/s1. The number of allylic oxidation sites excluding steroid dienone is 1. The summed E-state index contributed by atoms with van der Waals surface area (Å²) in [6.45, 7) is 10.3. The van der Waals surface area contributed by atoms with Crippen LogP contribution < -0.4 is 0 Å². The molecule has 7 atom stereocenters. The maximum Gasteiger partial charge on any atom is 0.312 e. The number of nitrogens with zero attached hydrogens (tertiary/aromatic N) is 2. The smallest absolute Gasteiger partial charge is 0.312 e. The van der Waals surface area contributed by atoms with E-state index in [0.717, 1.165) is 19.3 Å². The molecule has 3 heterocycles. The number of ether oxygens (including phenoxy) is 2. The number of carbonyl (C=O) groups is 3. The Morgan fingerprint density at radius 3 is 2.65 bits per heavy atom. The van der Waals surface area contributed by atoms with E-state index in [-0.39, 0.29) is 29.9 Å². The second kappa shape index (κ2) is 13.4. The van der Waals surface area contributed by atoms with Crippen LogP contribution in [0.5, 0.6) is 0 Å². The third kappa shape index (κ3) is 5.52. The van der Waals surface area contributed by atoms with Crippen molar-refractivity contribution in [3.8, 4) is 0 Å². The van der Waals surface area contributed by atoms with Gasteiger partial charge in [-0.15, -0.1) is 13.2 Å². The van der Waals surface area contributed by atoms with E-state index in [1.54, 1.807) is 17.1 Å². The zero-order valence-corrected chi connectivity index (χ0v) is 24.8. The van der Waals surface area contributed by atoms with Gasteiger partial charge in [-0.2, -0.15) is 0 Å². The zero-order valence-electron chi connectivity index (χ0n) is 23.3. The Labute approximate surface area is 245 Å². The Balaban J connectivity index is 1.76. The molecule has 3 fully saturated rings. The van der Waals surface area contributed by atoms with Gasteiger partial charge in [-0.25, -0.2) is 0 Å². The fraction of sp³-hybridized carbons (Fsp3) is 0.581. The number of hydrogen-bond donors (Lipinski definition) is 1. The molecular weight excluding hydrogens is 576 g/mol. The molecule has 2 amide bonds. The van der Waals surface area contributed by atoms with Crippen LogP contribution in [0.2, 0.25) is 0 Å². The van der Waals surface area contributed by atoms with Crippen molar-refractivity contribution in [2.75, 3.05) is 26.3 Å². The summed E-state index contributed by atoms with van der Waals surface area (Å²) in [4.78, 5) is 45.3. The van der Waals surface area contributed by atoms with Crippen molar-refractivity contribution in [3.63, 3.8) is 0 Å². The van der Waals surface area contributed by atoms with Gasteiger partial charge in [-0.05, 0) is 31.2 Å². The number of aliphatic hydroxyl groups is 1. The van der Waals surface area contributed by atoms with Crippen molar-refractivity contribution in [2.24, 2.45) is 11.8 Å². The lowest BCUT2D eigenvalue weighted by Crippen LogP contribution is -2.57. The van der Waals surface area contributed by atoms with E-state index in [1.807, 2.05) is 30.3 Å². The molecule has 3 aliphatic heterocycles. The van der Waals surface area contributed by atoms with Gasteiger partial charge in [0.2, 0.25) is 11.8 Å². The molecular formula is C31H41BrN2O6. The molecule has 3 aliphatic rings. The highest BCUT2D eigenvalue weighted by molar-refractivity contribution is 9.09. The van der Waals surface area contributed by atoms with Gasteiger partial charge in [0.15, 0.2) is 0 Å². The second-order valence-electron chi connectivity index (χ2n) is 10.9. The number of benzene rings is 1. The first-order valence-corrected chi connectivity index (χ1v) is 15.2. The molecule has 4 rings (SSSR count). The summed E-state index contributed by atoms with van der Waals surface area (Å²) in [5.74, 6) is -2.83. The van der Waals surface area contributed by atoms with Crippen molar-refractivity contribution in [2.45, 2.75) is 74.1 Å². The molecule has 0 saturated carbocycles. The Hall–Kier alpha value is -2.49. The molecule has 1 N–H and O–H groups in total. The highest BCUT2D eigenvalue weighted by Gasteiger charge is 2.77. The van der Waals surface area contributed by atoms with E-state index in [9.17, 15) is 19.5 Å². The summed E-state index contributed by atoms with van der Waals surface area (Å²) in [6.07, 6.45) is 7.39. The number of aliphatic hydroxyl groups excluding tert-OH is 1. The molecule has 0 aliphatic carbocycles. The maximum absolute atomic E-state index is 14.5. The normalized spacial score (nSPS) is 29.2. The fourth-order valence-corrected chi connectivity index (χ4v) is 7.59. The Kier molecular flexibility index (Phi) is 10.2. The molecule has 3 saturated heterocycles. The highest BCUT2D eigenvalue weighted by Crippen LogP contribution is 2.61. The van der Waals surface area contributed by atoms with Gasteiger partial charge < -0.3 is 24.4 Å². The number of fused-ring (bicyclic) bond motifs is 1. The number of carbonyl (C=O) groups excluding carboxylic acids is 3. The molecule has 2 bridgehead atoms. The monoisotopic (exact) mass is 616 g/mol. The molecule has 0 aromatic heterocycles. The topological polar surface area (TPSA) is 96.4 Å². The van der Waals surface area contributed by atoms with E-state index >= 15 is 0 Å². The van der Waals surface area contributed by atoms with Crippen molar-refractivity contribution in [3.05, 3.63) is 61.2 Å². The van der Waals surface area contributed by atoms with Crippen LogP contribution in [0.25, 0.3) is 0 Å². The van der Waals surface area contributed by atoms with Gasteiger partial charge in [-0.1, -0.05) is 78.2 Å². The van der Waals surface area contributed by atoms with Gasteiger partial charge in [-0.3, -0.25) is 14.4 Å². The van der Waals surface area contributed by atoms with Crippen LogP contribution in [0, 0.1) is 11.8 Å². The van der Waals surface area contributed by atoms with Gasteiger partial charge in [0.1, 0.15) is 11.6 Å². The number of esters is 1. The summed E-state index contributed by atoms with van der Waals surface area (Å²) >= 11 is 3.70. The van der Waals surface area contributed by atoms with Crippen molar-refractivity contribution in [1.29, 1.82) is 0 Å². The number of hydrogen-bond acceptors (Lipinski definition) is 6. The maximum atomic E-state index is 14.5. The first-order valence-electron chi connectivity index (χ1n) is 14.3. The minimum atomic E-state index is -1.22. The van der Waals surface area contributed by atoms with Crippen molar-refractivity contribution >= 4 is 33.7 Å². The van der Waals surface area contributed by atoms with E-state index in [2.05, 4.69) is 36.0 Å². The Morgan fingerprint density at radius 1 is 1.25 bits per heavy atom. The van der Waals surface area contributed by atoms with Crippen molar-refractivity contribution in [1.82, 2.24) is 9.80 Å². The highest BCUT2D eigenvalue weighted by atomic mass is 79.9. The van der Waals surface area contributed by atoms with Crippen LogP contribution in [-0.4, -0.2) is 81.6 Å². The van der Waals surface area contributed by atoms with Gasteiger partial charge in [0, 0.05) is 17.9 Å². The van der Waals surface area contributed by atoms with Crippen LogP contribution in [0.4, 0.5) is 0 Å². The van der Waals surface area contributed by atoms with E-state index in [4.69, 9.17) is 9.47 Å². The average molecular weight is 618 g/mol. The van der Waals surface area contributed by atoms with Gasteiger partial charge >= 0.3 is 5.97 Å². The average Bonchev–Trinajstić information content (AvgIpc) is 3.55. The summed E-state index contributed by atoms with van der Waals surface area (Å²) in [6, 6.07) is 7.42. The lowest BCUT2D eigenvalue weighted by Gasteiger charge is -2.39.